The van der Waals surface area contributed by atoms with E-state index < -0.39 is 18.5 Å². The molecular weight excluding hydrogens is 329 g/mol. The van der Waals surface area contributed by atoms with Crippen molar-refractivity contribution < 1.29 is 18.7 Å². The number of hydrogen-bond donors (Lipinski definition) is 1. The maximum absolute atomic E-state index is 11.7. The van der Waals surface area contributed by atoms with E-state index in [0.717, 1.165) is 0 Å². The predicted octanol–water partition coefficient (Wildman–Crippen LogP) is 3.78. The van der Waals surface area contributed by atoms with Gasteiger partial charge in [0.15, 0.2) is 6.61 Å². The smallest absolute Gasteiger partial charge is 0.331 e. The molecule has 0 saturated carbocycles. The molecular formula is C15H11Cl2NO4. The van der Waals surface area contributed by atoms with E-state index in [2.05, 4.69) is 5.32 Å². The van der Waals surface area contributed by atoms with Gasteiger partial charge in [-0.05, 0) is 36.4 Å². The number of carbonyl (C=O) groups is 2. The van der Waals surface area contributed by atoms with Crippen molar-refractivity contribution in [1.82, 2.24) is 0 Å². The lowest BCUT2D eigenvalue weighted by atomic mass is 10.3. The number of anilines is 1. The van der Waals surface area contributed by atoms with Crippen molar-refractivity contribution in [3.05, 3.63) is 58.5 Å². The Kier molecular flexibility index (Phi) is 5.63. The zero-order valence-electron chi connectivity index (χ0n) is 11.2. The number of hydrogen-bond acceptors (Lipinski definition) is 4. The molecule has 1 aromatic carbocycles. The van der Waals surface area contributed by atoms with Crippen LogP contribution in [0, 0.1) is 0 Å². The van der Waals surface area contributed by atoms with Crippen LogP contribution in [-0.4, -0.2) is 18.5 Å². The van der Waals surface area contributed by atoms with Crippen LogP contribution in [0.1, 0.15) is 5.76 Å². The van der Waals surface area contributed by atoms with Gasteiger partial charge in [0.25, 0.3) is 5.91 Å². The minimum atomic E-state index is -0.663. The van der Waals surface area contributed by atoms with Gasteiger partial charge in [0.2, 0.25) is 0 Å². The molecule has 0 aliphatic rings. The SMILES string of the molecule is O=C(COC(=O)C=Cc1ccco1)Nc1cc(Cl)ccc1Cl. The van der Waals surface area contributed by atoms with Gasteiger partial charge in [0.1, 0.15) is 5.76 Å². The highest BCUT2D eigenvalue weighted by Gasteiger charge is 2.08. The largest absolute Gasteiger partial charge is 0.465 e. The number of esters is 1. The Bertz CT molecular complexity index is 696. The second-order valence-electron chi connectivity index (χ2n) is 4.13. The van der Waals surface area contributed by atoms with Gasteiger partial charge in [-0.3, -0.25) is 4.79 Å². The third-order valence-electron chi connectivity index (χ3n) is 2.47. The van der Waals surface area contributed by atoms with Crippen LogP contribution in [0.25, 0.3) is 6.08 Å². The first kappa shape index (κ1) is 16.1. The molecule has 7 heteroatoms. The number of benzene rings is 1. The van der Waals surface area contributed by atoms with Crippen molar-refractivity contribution in [1.29, 1.82) is 0 Å². The minimum Gasteiger partial charge on any atom is -0.465 e. The van der Waals surface area contributed by atoms with E-state index in [-0.39, 0.29) is 0 Å². The van der Waals surface area contributed by atoms with Gasteiger partial charge in [-0.2, -0.15) is 0 Å². The molecule has 0 aliphatic heterocycles. The molecule has 2 rings (SSSR count). The first-order chi connectivity index (χ1) is 10.5. The predicted molar refractivity (Wildman–Crippen MR) is 83.8 cm³/mol. The molecule has 114 valence electrons. The second-order valence-corrected chi connectivity index (χ2v) is 4.97. The van der Waals surface area contributed by atoms with Crippen molar-refractivity contribution >= 4 is 46.8 Å². The lowest BCUT2D eigenvalue weighted by Gasteiger charge is -2.07. The zero-order valence-corrected chi connectivity index (χ0v) is 12.7. The molecule has 5 nitrogen and oxygen atoms in total. The maximum atomic E-state index is 11.7. The van der Waals surface area contributed by atoms with Crippen LogP contribution < -0.4 is 5.32 Å². The Balaban J connectivity index is 1.82. The number of halogens is 2. The van der Waals surface area contributed by atoms with Gasteiger partial charge in [0.05, 0.1) is 17.0 Å². The van der Waals surface area contributed by atoms with Crippen LogP contribution in [0.15, 0.2) is 47.1 Å². The van der Waals surface area contributed by atoms with Crippen molar-refractivity contribution in [2.75, 3.05) is 11.9 Å². The number of amides is 1. The first-order valence-electron chi connectivity index (χ1n) is 6.18. The molecule has 0 spiro atoms. The number of carbonyl (C=O) groups excluding carboxylic acids is 2. The Labute approximate surface area is 136 Å². The van der Waals surface area contributed by atoms with Gasteiger partial charge < -0.3 is 14.5 Å². The van der Waals surface area contributed by atoms with E-state index in [9.17, 15) is 9.59 Å². The summed E-state index contributed by atoms with van der Waals surface area (Å²) in [5.41, 5.74) is 0.348. The summed E-state index contributed by atoms with van der Waals surface area (Å²) >= 11 is 11.7. The lowest BCUT2D eigenvalue weighted by molar-refractivity contribution is -0.142. The van der Waals surface area contributed by atoms with E-state index >= 15 is 0 Å². The van der Waals surface area contributed by atoms with E-state index in [1.165, 1.54) is 24.5 Å². The molecule has 1 heterocycles. The van der Waals surface area contributed by atoms with Crippen LogP contribution in [0.3, 0.4) is 0 Å². The van der Waals surface area contributed by atoms with Crippen molar-refractivity contribution in [3.63, 3.8) is 0 Å². The summed E-state index contributed by atoms with van der Waals surface area (Å²) < 4.78 is 9.80. The summed E-state index contributed by atoms with van der Waals surface area (Å²) in [6.07, 6.45) is 4.08. The zero-order chi connectivity index (χ0) is 15.9. The van der Waals surface area contributed by atoms with Gasteiger partial charge in [-0.25, -0.2) is 4.79 Å². The van der Waals surface area contributed by atoms with Gasteiger partial charge in [-0.15, -0.1) is 0 Å². The molecule has 2 aromatic rings. The molecule has 1 aromatic heterocycles. The summed E-state index contributed by atoms with van der Waals surface area (Å²) in [6.45, 7) is -0.440. The van der Waals surface area contributed by atoms with Crippen molar-refractivity contribution in [3.8, 4) is 0 Å². The average molecular weight is 340 g/mol. The van der Waals surface area contributed by atoms with Gasteiger partial charge in [-0.1, -0.05) is 23.2 Å². The Morgan fingerprint density at radius 3 is 2.82 bits per heavy atom. The summed E-state index contributed by atoms with van der Waals surface area (Å²) in [7, 11) is 0. The third-order valence-corrected chi connectivity index (χ3v) is 3.04. The Morgan fingerprint density at radius 1 is 1.27 bits per heavy atom. The summed E-state index contributed by atoms with van der Waals surface area (Å²) in [5.74, 6) is -0.681. The Morgan fingerprint density at radius 2 is 2.09 bits per heavy atom. The second kappa shape index (κ2) is 7.68. The molecule has 0 atom stereocenters. The summed E-state index contributed by atoms with van der Waals surface area (Å²) in [4.78, 5) is 23.1. The first-order valence-corrected chi connectivity index (χ1v) is 6.93. The fourth-order valence-corrected chi connectivity index (χ4v) is 1.84. The lowest BCUT2D eigenvalue weighted by Crippen LogP contribution is -2.20. The van der Waals surface area contributed by atoms with E-state index in [1.807, 2.05) is 0 Å². The molecule has 1 amide bonds. The van der Waals surface area contributed by atoms with E-state index in [0.29, 0.717) is 21.5 Å². The summed E-state index contributed by atoms with van der Waals surface area (Å²) in [6, 6.07) is 8.02. The highest BCUT2D eigenvalue weighted by atomic mass is 35.5. The van der Waals surface area contributed by atoms with Crippen LogP contribution in [0.2, 0.25) is 10.0 Å². The van der Waals surface area contributed by atoms with Gasteiger partial charge >= 0.3 is 5.97 Å². The Hall–Kier alpha value is -2.24. The number of ether oxygens (including phenoxy) is 1. The molecule has 0 unspecified atom stereocenters. The van der Waals surface area contributed by atoms with E-state index in [1.54, 1.807) is 24.3 Å². The van der Waals surface area contributed by atoms with Crippen LogP contribution in [0.4, 0.5) is 5.69 Å². The molecule has 1 N–H and O–H groups in total. The fraction of sp³-hybridized carbons (Fsp3) is 0.0667. The van der Waals surface area contributed by atoms with Crippen LogP contribution in [-0.2, 0) is 14.3 Å². The topological polar surface area (TPSA) is 68.5 Å². The monoisotopic (exact) mass is 339 g/mol. The molecule has 0 bridgehead atoms. The third kappa shape index (κ3) is 4.95. The highest BCUT2D eigenvalue weighted by molar-refractivity contribution is 6.35. The minimum absolute atomic E-state index is 0.335. The quantitative estimate of drug-likeness (QED) is 0.664. The maximum Gasteiger partial charge on any atom is 0.331 e. The van der Waals surface area contributed by atoms with Crippen LogP contribution >= 0.6 is 23.2 Å². The normalized spacial score (nSPS) is 10.6. The molecule has 22 heavy (non-hydrogen) atoms. The summed E-state index contributed by atoms with van der Waals surface area (Å²) in [5, 5.41) is 3.26. The molecule has 0 radical (unpaired) electrons. The van der Waals surface area contributed by atoms with Crippen LogP contribution in [0.5, 0.6) is 0 Å². The number of rotatable bonds is 5. The average Bonchev–Trinajstić information content (AvgIpc) is 3.00. The molecule has 0 saturated heterocycles. The number of furan rings is 1. The molecule has 0 fully saturated rings. The highest BCUT2D eigenvalue weighted by Crippen LogP contribution is 2.25. The molecule has 0 aliphatic carbocycles. The van der Waals surface area contributed by atoms with Crippen molar-refractivity contribution in [2.24, 2.45) is 0 Å². The van der Waals surface area contributed by atoms with Crippen molar-refractivity contribution in [2.45, 2.75) is 0 Å². The standard InChI is InChI=1S/C15H11Cl2NO4/c16-10-3-5-12(17)13(8-10)18-14(19)9-22-15(20)6-4-11-2-1-7-21-11/h1-8H,9H2,(H,18,19). The number of nitrogens with one attached hydrogen (secondary N) is 1. The van der Waals surface area contributed by atoms with Gasteiger partial charge in [0, 0.05) is 11.1 Å². The van der Waals surface area contributed by atoms with E-state index in [4.69, 9.17) is 32.4 Å². The fourth-order valence-electron chi connectivity index (χ4n) is 1.50.